The Morgan fingerprint density at radius 2 is 0.947 bits per heavy atom. The molecule has 2 aromatic carbocycles. The van der Waals surface area contributed by atoms with E-state index in [0.29, 0.717) is 87.4 Å². The van der Waals surface area contributed by atoms with Gasteiger partial charge >= 0.3 is 26.2 Å². The van der Waals surface area contributed by atoms with Crippen LogP contribution in [-0.2, 0) is 22.4 Å². The average Bonchev–Trinajstić information content (AvgIpc) is 3.18. The molecule has 16 heteroatoms. The van der Waals surface area contributed by atoms with E-state index >= 15 is 0 Å². The molecule has 2 saturated carbocycles. The van der Waals surface area contributed by atoms with Gasteiger partial charge in [0.15, 0.2) is 0 Å². The molecule has 12 N–H and O–H groups in total. The molecule has 6 rings (SSSR count). The van der Waals surface area contributed by atoms with Gasteiger partial charge in [-0.3, -0.25) is 9.59 Å². The zero-order chi connectivity index (χ0) is 40.5. The predicted molar refractivity (Wildman–Crippen MR) is 219 cm³/mol. The fourth-order valence-corrected chi connectivity index (χ4v) is 9.46. The number of carboxylic acid groups (broad SMARTS) is 2. The summed E-state index contributed by atoms with van der Waals surface area (Å²) in [6, 6.07) is 9.78. The third-order valence-corrected chi connectivity index (χ3v) is 12.6. The molecule has 0 aromatic heterocycles. The lowest BCUT2D eigenvalue weighted by Crippen LogP contribution is -2.37. The Labute approximate surface area is 336 Å². The second-order valence-electron chi connectivity index (χ2n) is 16.4. The number of hydrogen-bond acceptors (Lipinski definition) is 12. The van der Waals surface area contributed by atoms with Crippen LogP contribution in [0, 0.1) is 35.5 Å². The number of fused-ring (bicyclic) bond motifs is 2. The Balaban J connectivity index is 0.000000248. The van der Waals surface area contributed by atoms with Crippen LogP contribution < -0.4 is 32.2 Å². The predicted octanol–water partition coefficient (Wildman–Crippen LogP) is 3.58. The summed E-state index contributed by atoms with van der Waals surface area (Å²) in [5, 5.41) is 39.2. The topological polar surface area (TPSA) is 272 Å². The van der Waals surface area contributed by atoms with Crippen molar-refractivity contribution in [2.45, 2.75) is 96.1 Å². The average molecular weight is 793 g/mol. The van der Waals surface area contributed by atoms with E-state index in [1.54, 1.807) is 24.3 Å². The minimum atomic E-state index is -1.18. The zero-order valence-corrected chi connectivity index (χ0v) is 32.1. The molecule has 0 bridgehead atoms. The number of benzene rings is 2. The number of ketones is 2. The number of carbonyl (C=O) groups excluding carboxylic acids is 2. The van der Waals surface area contributed by atoms with Gasteiger partial charge in [-0.25, -0.2) is 9.59 Å². The molecule has 0 unspecified atom stereocenters. The van der Waals surface area contributed by atoms with Gasteiger partial charge in [0.1, 0.15) is 23.1 Å². The number of rotatable bonds is 14. The maximum atomic E-state index is 12.6. The lowest BCUT2D eigenvalue weighted by molar-refractivity contribution is -0.121. The van der Waals surface area contributed by atoms with Crippen molar-refractivity contribution in [3.8, 4) is 11.5 Å². The van der Waals surface area contributed by atoms with Crippen LogP contribution in [0.25, 0.3) is 0 Å². The van der Waals surface area contributed by atoms with Gasteiger partial charge < -0.3 is 52.5 Å². The van der Waals surface area contributed by atoms with Gasteiger partial charge in [-0.15, -0.1) is 0 Å². The molecule has 57 heavy (non-hydrogen) atoms. The number of hydrogen-bond donors (Lipinski definition) is 8. The fraction of sp³-hybridized carbons (Fsp3) is 0.610. The van der Waals surface area contributed by atoms with Crippen molar-refractivity contribution in [1.82, 2.24) is 0 Å². The first kappa shape index (κ1) is 45.9. The molecule has 2 aliphatic heterocycles. The third kappa shape index (κ3) is 11.7. The van der Waals surface area contributed by atoms with E-state index in [1.165, 1.54) is 12.1 Å². The van der Waals surface area contributed by atoms with Gasteiger partial charge in [-0.05, 0) is 136 Å². The van der Waals surface area contributed by atoms with Crippen LogP contribution in [0.3, 0.4) is 0 Å². The highest BCUT2D eigenvalue weighted by molar-refractivity contribution is 6.47. The van der Waals surface area contributed by atoms with Crippen molar-refractivity contribution >= 4 is 37.7 Å². The van der Waals surface area contributed by atoms with Crippen molar-refractivity contribution in [2.75, 3.05) is 26.2 Å². The summed E-state index contributed by atoms with van der Waals surface area (Å²) in [4.78, 5) is 47.9. The van der Waals surface area contributed by atoms with E-state index in [9.17, 15) is 39.4 Å². The van der Waals surface area contributed by atoms with Crippen LogP contribution >= 0.6 is 0 Å². The molecular weight excluding hydrogens is 730 g/mol. The number of carboxylic acids is 2. The van der Waals surface area contributed by atoms with Crippen molar-refractivity contribution < 1.29 is 48.7 Å². The van der Waals surface area contributed by atoms with E-state index in [-0.39, 0.29) is 66.1 Å². The monoisotopic (exact) mass is 792 g/mol. The number of Topliss-reactive ketones (excluding diaryl/α,β-unsaturated/α-hetero) is 2. The van der Waals surface area contributed by atoms with Gasteiger partial charge in [-0.2, -0.15) is 0 Å². The first-order valence-electron chi connectivity index (χ1n) is 20.1. The highest BCUT2D eigenvalue weighted by atomic mass is 16.5. The van der Waals surface area contributed by atoms with Crippen molar-refractivity contribution in [3.63, 3.8) is 0 Å². The molecule has 312 valence electrons. The number of carbonyl (C=O) groups is 4. The van der Waals surface area contributed by atoms with Gasteiger partial charge in [0, 0.05) is 37.3 Å². The van der Waals surface area contributed by atoms with E-state index in [0.717, 1.165) is 49.7 Å². The van der Waals surface area contributed by atoms with Gasteiger partial charge in [-0.1, -0.05) is 31.7 Å². The molecule has 2 aromatic rings. The molecule has 2 aliphatic carbocycles. The standard InChI is InChI=1S/2C20H29BN2O5.CH4/c2*22-10-14-5-4-12(6-15(14)11-23)7-17(24)9-16-8-13-2-1-3-18(20(25)26)19(13)28-21(16)27;/h2*1-3,12,14-16,27H,4-11,22-23H2,(H,25,26);1H4/t12-,14+,15+,16+;12-,14+,15+,16-;/m01./s1. The molecule has 0 saturated heterocycles. The summed E-state index contributed by atoms with van der Waals surface area (Å²) in [5.41, 5.74) is 24.9. The van der Waals surface area contributed by atoms with Crippen LogP contribution in [0.1, 0.15) is 103 Å². The van der Waals surface area contributed by atoms with E-state index in [1.807, 2.05) is 0 Å². The second-order valence-corrected chi connectivity index (χ2v) is 16.4. The number of aromatic carboxylic acids is 2. The van der Waals surface area contributed by atoms with Crippen molar-refractivity contribution in [2.24, 2.45) is 58.4 Å². The Hall–Kier alpha value is -3.79. The molecular formula is C41H62B2N4O10. The molecule has 0 radical (unpaired) electrons. The Morgan fingerprint density at radius 1 is 0.579 bits per heavy atom. The van der Waals surface area contributed by atoms with Crippen LogP contribution in [0.5, 0.6) is 11.5 Å². The quantitative estimate of drug-likeness (QED) is 0.127. The summed E-state index contributed by atoms with van der Waals surface area (Å²) in [7, 11) is -2.36. The van der Waals surface area contributed by atoms with Crippen molar-refractivity contribution in [3.05, 3.63) is 58.7 Å². The summed E-state index contributed by atoms with van der Waals surface area (Å²) < 4.78 is 11.0. The van der Waals surface area contributed by atoms with Gasteiger partial charge in [0.25, 0.3) is 0 Å². The van der Waals surface area contributed by atoms with Crippen LogP contribution in [0.15, 0.2) is 36.4 Å². The smallest absolute Gasteiger partial charge is 0.526 e. The summed E-state index contributed by atoms with van der Waals surface area (Å²) in [5.74, 6) is -0.0127. The Kier molecular flexibility index (Phi) is 17.1. The molecule has 0 amide bonds. The summed E-state index contributed by atoms with van der Waals surface area (Å²) in [6.07, 6.45) is 8.12. The second kappa shape index (κ2) is 21.3. The Bertz CT molecular complexity index is 1580. The first-order valence-corrected chi connectivity index (χ1v) is 20.1. The van der Waals surface area contributed by atoms with Crippen LogP contribution in [-0.4, -0.2) is 84.2 Å². The van der Waals surface area contributed by atoms with E-state index in [2.05, 4.69) is 0 Å². The molecule has 4 aliphatic rings. The van der Waals surface area contributed by atoms with Crippen LogP contribution in [0.2, 0.25) is 11.6 Å². The maximum absolute atomic E-state index is 12.6. The zero-order valence-electron chi connectivity index (χ0n) is 32.1. The lowest BCUT2D eigenvalue weighted by atomic mass is 9.63. The lowest BCUT2D eigenvalue weighted by Gasteiger charge is -2.35. The number of para-hydroxylation sites is 2. The first-order chi connectivity index (χ1) is 26.8. The third-order valence-electron chi connectivity index (χ3n) is 12.6. The molecule has 2 heterocycles. The molecule has 2 fully saturated rings. The molecule has 14 nitrogen and oxygen atoms in total. The number of nitrogens with two attached hydrogens (primary N) is 4. The van der Waals surface area contributed by atoms with Gasteiger partial charge in [0.2, 0.25) is 0 Å². The van der Waals surface area contributed by atoms with Crippen LogP contribution in [0.4, 0.5) is 0 Å². The molecule has 0 spiro atoms. The van der Waals surface area contributed by atoms with E-state index in [4.69, 9.17) is 32.2 Å². The van der Waals surface area contributed by atoms with Crippen molar-refractivity contribution in [1.29, 1.82) is 0 Å². The highest BCUT2D eigenvalue weighted by Gasteiger charge is 2.40. The SMILES string of the molecule is C.NC[C@@H]1CC[C@@H](CC(=O)C[C@H]2Cc3cccc(C(=O)O)c3OB2O)C[C@H]1CN.NC[C@H]1CC[C@H](CC(=O)C[C@H]2Cc3cccc(C(=O)O)c3OB2O)C[C@@H]1CN. The largest absolute Gasteiger partial charge is 0.535 e. The minimum absolute atomic E-state index is 0. The maximum Gasteiger partial charge on any atom is 0.526 e. The fourth-order valence-electron chi connectivity index (χ4n) is 9.46. The van der Waals surface area contributed by atoms with E-state index < -0.39 is 26.2 Å². The summed E-state index contributed by atoms with van der Waals surface area (Å²) >= 11 is 0. The van der Waals surface area contributed by atoms with Gasteiger partial charge in [0.05, 0.1) is 11.1 Å². The normalized spacial score (nSPS) is 26.6. The summed E-state index contributed by atoms with van der Waals surface area (Å²) in [6.45, 7) is 2.49. The molecule has 8 atom stereocenters. The highest BCUT2D eigenvalue weighted by Crippen LogP contribution is 2.40. The Morgan fingerprint density at radius 3 is 1.28 bits per heavy atom. The minimum Gasteiger partial charge on any atom is -0.535 e.